The first-order valence-corrected chi connectivity index (χ1v) is 6.48. The molecule has 0 radical (unpaired) electrons. The summed E-state index contributed by atoms with van der Waals surface area (Å²) in [5.41, 5.74) is 1.03. The van der Waals surface area contributed by atoms with E-state index in [4.69, 9.17) is 18.9 Å². The van der Waals surface area contributed by atoms with Crippen molar-refractivity contribution in [3.05, 3.63) is 18.2 Å². The van der Waals surface area contributed by atoms with Crippen molar-refractivity contribution in [2.45, 2.75) is 0 Å². The second-order valence-electron chi connectivity index (χ2n) is 4.27. The summed E-state index contributed by atoms with van der Waals surface area (Å²) in [7, 11) is 3.41. The lowest BCUT2D eigenvalue weighted by Crippen LogP contribution is -2.31. The van der Waals surface area contributed by atoms with Gasteiger partial charge in [-0.05, 0) is 12.1 Å². The Kier molecular flexibility index (Phi) is 5.30. The average Bonchev–Trinajstić information content (AvgIpc) is 2.47. The number of fused-ring (bicyclic) bond motifs is 1. The SMILES string of the molecule is COCCN(CCOC)c1cccc2c1OCCO2. The second kappa shape index (κ2) is 7.21. The number of anilines is 1. The molecule has 1 aliphatic heterocycles. The van der Waals surface area contributed by atoms with Gasteiger partial charge in [0.15, 0.2) is 11.5 Å². The van der Waals surface area contributed by atoms with Gasteiger partial charge in [-0.3, -0.25) is 0 Å². The van der Waals surface area contributed by atoms with Gasteiger partial charge in [-0.25, -0.2) is 0 Å². The zero-order chi connectivity index (χ0) is 13.5. The maximum Gasteiger partial charge on any atom is 0.184 e. The number of methoxy groups -OCH3 is 2. The molecule has 0 amide bonds. The van der Waals surface area contributed by atoms with Crippen LogP contribution < -0.4 is 14.4 Å². The van der Waals surface area contributed by atoms with Crippen molar-refractivity contribution in [1.82, 2.24) is 0 Å². The molecule has 0 saturated heterocycles. The van der Waals surface area contributed by atoms with Crippen molar-refractivity contribution < 1.29 is 18.9 Å². The molecular weight excluding hydrogens is 246 g/mol. The van der Waals surface area contributed by atoms with Crippen LogP contribution in [0, 0.1) is 0 Å². The Morgan fingerprint density at radius 3 is 2.42 bits per heavy atom. The molecule has 1 aromatic rings. The molecule has 5 nitrogen and oxygen atoms in total. The quantitative estimate of drug-likeness (QED) is 0.749. The normalized spacial score (nSPS) is 13.4. The van der Waals surface area contributed by atoms with E-state index in [-0.39, 0.29) is 0 Å². The molecule has 0 spiro atoms. The third-order valence-electron chi connectivity index (χ3n) is 3.02. The summed E-state index contributed by atoms with van der Waals surface area (Å²) in [4.78, 5) is 2.19. The molecule has 1 aliphatic rings. The molecular formula is C14H21NO4. The average molecular weight is 267 g/mol. The number of para-hydroxylation sites is 1. The van der Waals surface area contributed by atoms with Crippen LogP contribution in [-0.2, 0) is 9.47 Å². The molecule has 1 heterocycles. The summed E-state index contributed by atoms with van der Waals surface area (Å²) >= 11 is 0. The number of benzene rings is 1. The molecule has 0 bridgehead atoms. The van der Waals surface area contributed by atoms with Crippen LogP contribution in [0.2, 0.25) is 0 Å². The first-order chi connectivity index (χ1) is 9.36. The monoisotopic (exact) mass is 267 g/mol. The lowest BCUT2D eigenvalue weighted by molar-refractivity contribution is 0.170. The lowest BCUT2D eigenvalue weighted by atomic mass is 10.2. The van der Waals surface area contributed by atoms with E-state index in [9.17, 15) is 0 Å². The van der Waals surface area contributed by atoms with E-state index in [0.717, 1.165) is 30.3 Å². The van der Waals surface area contributed by atoms with Gasteiger partial charge < -0.3 is 23.8 Å². The lowest BCUT2D eigenvalue weighted by Gasteiger charge is -2.29. The van der Waals surface area contributed by atoms with Gasteiger partial charge in [0.2, 0.25) is 0 Å². The summed E-state index contributed by atoms with van der Waals surface area (Å²) < 4.78 is 21.7. The van der Waals surface area contributed by atoms with E-state index < -0.39 is 0 Å². The topological polar surface area (TPSA) is 40.2 Å². The van der Waals surface area contributed by atoms with Crippen molar-refractivity contribution in [2.24, 2.45) is 0 Å². The van der Waals surface area contributed by atoms with E-state index in [2.05, 4.69) is 4.90 Å². The van der Waals surface area contributed by atoms with Gasteiger partial charge in [0.25, 0.3) is 0 Å². The highest BCUT2D eigenvalue weighted by Gasteiger charge is 2.19. The van der Waals surface area contributed by atoms with E-state index in [1.807, 2.05) is 18.2 Å². The first-order valence-electron chi connectivity index (χ1n) is 6.48. The molecule has 0 unspecified atom stereocenters. The van der Waals surface area contributed by atoms with Gasteiger partial charge in [0.1, 0.15) is 13.2 Å². The number of ether oxygens (including phenoxy) is 4. The highest BCUT2D eigenvalue weighted by atomic mass is 16.6. The van der Waals surface area contributed by atoms with E-state index in [0.29, 0.717) is 26.4 Å². The minimum absolute atomic E-state index is 0.590. The van der Waals surface area contributed by atoms with E-state index in [1.165, 1.54) is 0 Å². The number of nitrogens with zero attached hydrogens (tertiary/aromatic N) is 1. The summed E-state index contributed by atoms with van der Waals surface area (Å²) in [6.07, 6.45) is 0. The Morgan fingerprint density at radius 2 is 1.74 bits per heavy atom. The van der Waals surface area contributed by atoms with Crippen molar-refractivity contribution in [3.8, 4) is 11.5 Å². The molecule has 0 fully saturated rings. The predicted octanol–water partition coefficient (Wildman–Crippen LogP) is 1.56. The Hall–Kier alpha value is -1.46. The van der Waals surface area contributed by atoms with Gasteiger partial charge in [0.05, 0.1) is 18.9 Å². The van der Waals surface area contributed by atoms with Crippen LogP contribution in [0.4, 0.5) is 5.69 Å². The minimum atomic E-state index is 0.590. The summed E-state index contributed by atoms with van der Waals surface area (Å²) in [6, 6.07) is 5.96. The fraction of sp³-hybridized carbons (Fsp3) is 0.571. The third-order valence-corrected chi connectivity index (χ3v) is 3.02. The van der Waals surface area contributed by atoms with Crippen LogP contribution >= 0.6 is 0 Å². The van der Waals surface area contributed by atoms with Gasteiger partial charge >= 0.3 is 0 Å². The molecule has 0 aromatic heterocycles. The highest BCUT2D eigenvalue weighted by molar-refractivity contribution is 5.65. The molecule has 5 heteroatoms. The second-order valence-corrected chi connectivity index (χ2v) is 4.27. The largest absolute Gasteiger partial charge is 0.486 e. The van der Waals surface area contributed by atoms with Gasteiger partial charge in [0, 0.05) is 27.3 Å². The molecule has 0 aliphatic carbocycles. The molecule has 0 N–H and O–H groups in total. The predicted molar refractivity (Wildman–Crippen MR) is 73.4 cm³/mol. The fourth-order valence-electron chi connectivity index (χ4n) is 2.06. The van der Waals surface area contributed by atoms with Crippen LogP contribution in [0.3, 0.4) is 0 Å². The Morgan fingerprint density at radius 1 is 1.05 bits per heavy atom. The zero-order valence-electron chi connectivity index (χ0n) is 11.6. The fourth-order valence-corrected chi connectivity index (χ4v) is 2.06. The molecule has 0 saturated carbocycles. The Labute approximate surface area is 114 Å². The zero-order valence-corrected chi connectivity index (χ0v) is 11.6. The number of hydrogen-bond donors (Lipinski definition) is 0. The summed E-state index contributed by atoms with van der Waals surface area (Å²) in [5.74, 6) is 1.63. The molecule has 2 rings (SSSR count). The van der Waals surface area contributed by atoms with Gasteiger partial charge in [-0.1, -0.05) is 6.07 Å². The molecule has 0 atom stereocenters. The van der Waals surface area contributed by atoms with Crippen LogP contribution in [-0.4, -0.2) is 53.7 Å². The molecule has 1 aromatic carbocycles. The van der Waals surface area contributed by atoms with Crippen molar-refractivity contribution in [3.63, 3.8) is 0 Å². The van der Waals surface area contributed by atoms with Crippen LogP contribution in [0.25, 0.3) is 0 Å². The van der Waals surface area contributed by atoms with Crippen molar-refractivity contribution >= 4 is 5.69 Å². The van der Waals surface area contributed by atoms with E-state index in [1.54, 1.807) is 14.2 Å². The van der Waals surface area contributed by atoms with E-state index >= 15 is 0 Å². The first kappa shape index (κ1) is 14.0. The summed E-state index contributed by atoms with van der Waals surface area (Å²) in [5, 5.41) is 0. The summed E-state index contributed by atoms with van der Waals surface area (Å²) in [6.45, 7) is 4.10. The smallest absolute Gasteiger partial charge is 0.184 e. The minimum Gasteiger partial charge on any atom is -0.486 e. The van der Waals surface area contributed by atoms with Crippen molar-refractivity contribution in [1.29, 1.82) is 0 Å². The van der Waals surface area contributed by atoms with Crippen LogP contribution in [0.1, 0.15) is 0 Å². The Bertz CT molecular complexity index is 389. The maximum atomic E-state index is 5.75. The van der Waals surface area contributed by atoms with Crippen LogP contribution in [0.5, 0.6) is 11.5 Å². The third kappa shape index (κ3) is 3.52. The highest BCUT2D eigenvalue weighted by Crippen LogP contribution is 2.39. The molecule has 106 valence electrons. The maximum absolute atomic E-state index is 5.75. The van der Waals surface area contributed by atoms with Gasteiger partial charge in [-0.2, -0.15) is 0 Å². The standard InChI is InChI=1S/C14H21NO4/c1-16-8-6-15(7-9-17-2)12-4-3-5-13-14(12)19-11-10-18-13/h3-5H,6-11H2,1-2H3. The molecule has 19 heavy (non-hydrogen) atoms. The van der Waals surface area contributed by atoms with Crippen molar-refractivity contribution in [2.75, 3.05) is 58.6 Å². The number of rotatable bonds is 7. The Balaban J connectivity index is 2.19. The van der Waals surface area contributed by atoms with Crippen LogP contribution in [0.15, 0.2) is 18.2 Å². The van der Waals surface area contributed by atoms with Gasteiger partial charge in [-0.15, -0.1) is 0 Å². The number of hydrogen-bond acceptors (Lipinski definition) is 5.